The van der Waals surface area contributed by atoms with Gasteiger partial charge in [0.2, 0.25) is 0 Å². The van der Waals surface area contributed by atoms with Crippen LogP contribution < -0.4 is 0 Å². The molecule has 0 atom stereocenters. The maximum absolute atomic E-state index is 4.31. The maximum Gasteiger partial charge on any atom is 0.0766 e. The van der Waals surface area contributed by atoms with Gasteiger partial charge in [-0.25, -0.2) is 0 Å². The van der Waals surface area contributed by atoms with Gasteiger partial charge in [0.1, 0.15) is 0 Å². The molecule has 0 saturated heterocycles. The van der Waals surface area contributed by atoms with E-state index in [2.05, 4.69) is 83.3 Å². The number of methoxy groups -OCH3 is 2. The molecular formula is C24H32O2. The van der Waals surface area contributed by atoms with Gasteiger partial charge in [-0.2, -0.15) is 0 Å². The highest BCUT2D eigenvalue weighted by atomic mass is 16.5. The molecule has 0 heterocycles. The molecule has 0 bridgehead atoms. The summed E-state index contributed by atoms with van der Waals surface area (Å²) < 4.78 is 8.61. The molecule has 0 aliphatic heterocycles. The predicted octanol–water partition coefficient (Wildman–Crippen LogP) is 6.49. The first kappa shape index (κ1) is 21.6. The van der Waals surface area contributed by atoms with Crippen LogP contribution in [0.25, 0.3) is 0 Å². The van der Waals surface area contributed by atoms with Gasteiger partial charge in [0.15, 0.2) is 0 Å². The van der Waals surface area contributed by atoms with Gasteiger partial charge < -0.3 is 9.47 Å². The van der Waals surface area contributed by atoms with Crippen molar-refractivity contribution >= 4 is 0 Å². The molecule has 0 aromatic heterocycles. The Labute approximate surface area is 159 Å². The second-order valence-corrected chi connectivity index (χ2v) is 6.18. The number of hydrogen-bond donors (Lipinski definition) is 0. The summed E-state index contributed by atoms with van der Waals surface area (Å²) >= 11 is 0. The van der Waals surface area contributed by atoms with E-state index in [0.29, 0.717) is 0 Å². The zero-order valence-corrected chi connectivity index (χ0v) is 16.2. The van der Waals surface area contributed by atoms with Crippen molar-refractivity contribution < 1.29 is 9.47 Å². The Morgan fingerprint density at radius 3 is 1.35 bits per heavy atom. The summed E-state index contributed by atoms with van der Waals surface area (Å²) in [6.45, 7) is 6.51. The molecule has 2 aromatic rings. The fourth-order valence-electron chi connectivity index (χ4n) is 3.41. The van der Waals surface area contributed by atoms with Crippen molar-refractivity contribution in [3.63, 3.8) is 0 Å². The Bertz CT molecular complexity index is 549. The summed E-state index contributed by atoms with van der Waals surface area (Å²) in [6.07, 6.45) is 9.43. The molecule has 1 aliphatic rings. The number of rotatable bonds is 4. The zero-order valence-electron chi connectivity index (χ0n) is 16.2. The van der Waals surface area contributed by atoms with Gasteiger partial charge in [0, 0.05) is 5.41 Å². The lowest BCUT2D eigenvalue weighted by atomic mass is 9.65. The van der Waals surface area contributed by atoms with Crippen molar-refractivity contribution in [3.8, 4) is 0 Å². The second kappa shape index (κ2) is 12.8. The van der Waals surface area contributed by atoms with E-state index in [-0.39, 0.29) is 5.41 Å². The van der Waals surface area contributed by atoms with Gasteiger partial charge >= 0.3 is 0 Å². The van der Waals surface area contributed by atoms with Crippen molar-refractivity contribution in [1.29, 1.82) is 0 Å². The Hall–Kier alpha value is -2.48. The standard InChI is InChI=1S/C18H20.2C3H6O/c1-4-10-16(11-5-1)18(14-8-3-9-15-18)17-12-6-2-7-13-17;2*1-3-4-2/h1-2,4-7,10-13H,3,8-9,14-15H2;2*3H,1H2,2H3. The van der Waals surface area contributed by atoms with E-state index in [1.54, 1.807) is 14.2 Å². The highest BCUT2D eigenvalue weighted by Crippen LogP contribution is 2.44. The van der Waals surface area contributed by atoms with Crippen LogP contribution in [-0.4, -0.2) is 14.2 Å². The molecule has 0 N–H and O–H groups in total. The SMILES string of the molecule is C=COC.C=COC.c1ccc(C2(c3ccccc3)CCCCC2)cc1. The summed E-state index contributed by atoms with van der Waals surface area (Å²) in [5.74, 6) is 0. The minimum absolute atomic E-state index is 0.265. The first-order valence-corrected chi connectivity index (χ1v) is 9.13. The van der Waals surface area contributed by atoms with Gasteiger partial charge in [0.25, 0.3) is 0 Å². The van der Waals surface area contributed by atoms with E-state index in [9.17, 15) is 0 Å². The first-order chi connectivity index (χ1) is 12.7. The van der Waals surface area contributed by atoms with Crippen LogP contribution in [0.5, 0.6) is 0 Å². The monoisotopic (exact) mass is 352 g/mol. The van der Waals surface area contributed by atoms with Crippen molar-refractivity contribution in [2.24, 2.45) is 0 Å². The summed E-state index contributed by atoms with van der Waals surface area (Å²) in [6, 6.07) is 22.1. The van der Waals surface area contributed by atoms with Crippen LogP contribution in [0.2, 0.25) is 0 Å². The highest BCUT2D eigenvalue weighted by molar-refractivity contribution is 5.39. The molecule has 1 fully saturated rings. The van der Waals surface area contributed by atoms with Crippen molar-refractivity contribution in [3.05, 3.63) is 97.5 Å². The average Bonchev–Trinajstić information content (AvgIpc) is 2.76. The van der Waals surface area contributed by atoms with Crippen molar-refractivity contribution in [2.45, 2.75) is 37.5 Å². The summed E-state index contributed by atoms with van der Waals surface area (Å²) in [5, 5.41) is 0. The second-order valence-electron chi connectivity index (χ2n) is 6.18. The van der Waals surface area contributed by atoms with E-state index in [1.807, 2.05) is 0 Å². The lowest BCUT2D eigenvalue weighted by molar-refractivity contribution is 0.339. The van der Waals surface area contributed by atoms with Gasteiger partial charge in [-0.15, -0.1) is 0 Å². The molecule has 2 heteroatoms. The molecule has 0 spiro atoms. The predicted molar refractivity (Wildman–Crippen MR) is 111 cm³/mol. The van der Waals surface area contributed by atoms with Crippen molar-refractivity contribution in [2.75, 3.05) is 14.2 Å². The Morgan fingerprint density at radius 2 is 1.04 bits per heavy atom. The molecule has 0 amide bonds. The van der Waals surface area contributed by atoms with Gasteiger partial charge in [0.05, 0.1) is 26.7 Å². The molecule has 26 heavy (non-hydrogen) atoms. The molecule has 1 saturated carbocycles. The third-order valence-corrected chi connectivity index (χ3v) is 4.69. The van der Waals surface area contributed by atoms with Gasteiger partial charge in [-0.1, -0.05) is 93.1 Å². The van der Waals surface area contributed by atoms with E-state index >= 15 is 0 Å². The minimum Gasteiger partial charge on any atom is -0.505 e. The van der Waals surface area contributed by atoms with E-state index < -0.39 is 0 Å². The molecule has 2 aromatic carbocycles. The van der Waals surface area contributed by atoms with Crippen LogP contribution >= 0.6 is 0 Å². The fraction of sp³-hybridized carbons (Fsp3) is 0.333. The highest BCUT2D eigenvalue weighted by Gasteiger charge is 2.35. The van der Waals surface area contributed by atoms with Crippen LogP contribution in [0.1, 0.15) is 43.2 Å². The molecule has 2 nitrogen and oxygen atoms in total. The molecular weight excluding hydrogens is 320 g/mol. The van der Waals surface area contributed by atoms with E-state index in [4.69, 9.17) is 0 Å². The number of benzene rings is 2. The molecule has 140 valence electrons. The maximum atomic E-state index is 4.31. The molecule has 3 rings (SSSR count). The molecule has 1 aliphatic carbocycles. The third-order valence-electron chi connectivity index (χ3n) is 4.69. The summed E-state index contributed by atoms with van der Waals surface area (Å²) in [7, 11) is 3.12. The average molecular weight is 353 g/mol. The first-order valence-electron chi connectivity index (χ1n) is 9.13. The van der Waals surface area contributed by atoms with Crippen LogP contribution in [0.3, 0.4) is 0 Å². The Kier molecular flexibility index (Phi) is 10.6. The molecule has 0 radical (unpaired) electrons. The van der Waals surface area contributed by atoms with E-state index in [0.717, 1.165) is 0 Å². The topological polar surface area (TPSA) is 18.5 Å². The van der Waals surface area contributed by atoms with E-state index in [1.165, 1.54) is 55.8 Å². The lowest BCUT2D eigenvalue weighted by Crippen LogP contribution is -2.30. The Morgan fingerprint density at radius 1 is 0.692 bits per heavy atom. The van der Waals surface area contributed by atoms with Gasteiger partial charge in [-0.3, -0.25) is 0 Å². The van der Waals surface area contributed by atoms with Crippen molar-refractivity contribution in [1.82, 2.24) is 0 Å². The van der Waals surface area contributed by atoms with Gasteiger partial charge in [-0.05, 0) is 24.0 Å². The summed E-state index contributed by atoms with van der Waals surface area (Å²) in [4.78, 5) is 0. The van der Waals surface area contributed by atoms with Crippen LogP contribution in [0, 0.1) is 0 Å². The quantitative estimate of drug-likeness (QED) is 0.586. The smallest absolute Gasteiger partial charge is 0.0766 e. The third kappa shape index (κ3) is 6.44. The normalized spacial score (nSPS) is 14.4. The fourth-order valence-corrected chi connectivity index (χ4v) is 3.41. The lowest BCUT2D eigenvalue weighted by Gasteiger charge is -2.38. The minimum atomic E-state index is 0.265. The molecule has 0 unspecified atom stereocenters. The van der Waals surface area contributed by atoms with Crippen LogP contribution in [0.15, 0.2) is 86.3 Å². The Balaban J connectivity index is 0.000000360. The largest absolute Gasteiger partial charge is 0.505 e. The number of ether oxygens (including phenoxy) is 2. The number of hydrogen-bond acceptors (Lipinski definition) is 2. The zero-order chi connectivity index (χ0) is 19.1. The van der Waals surface area contributed by atoms with Crippen LogP contribution in [0.4, 0.5) is 0 Å². The van der Waals surface area contributed by atoms with Crippen LogP contribution in [-0.2, 0) is 14.9 Å². The summed E-state index contributed by atoms with van der Waals surface area (Å²) in [5.41, 5.74) is 3.26.